The van der Waals surface area contributed by atoms with E-state index in [1.165, 1.54) is 11.6 Å². The highest BCUT2D eigenvalue weighted by Gasteiger charge is 2.21. The second-order valence-electron chi connectivity index (χ2n) is 6.18. The van der Waals surface area contributed by atoms with E-state index in [2.05, 4.69) is 10.8 Å². The molecule has 0 aliphatic carbocycles. The van der Waals surface area contributed by atoms with Crippen molar-refractivity contribution in [3.63, 3.8) is 0 Å². The Kier molecular flexibility index (Phi) is 4.85. The molecule has 0 saturated heterocycles. The molecule has 1 unspecified atom stereocenters. The van der Waals surface area contributed by atoms with E-state index in [4.69, 9.17) is 16.3 Å². The van der Waals surface area contributed by atoms with Gasteiger partial charge in [-0.2, -0.15) is 0 Å². The van der Waals surface area contributed by atoms with Gasteiger partial charge < -0.3 is 4.74 Å². The fourth-order valence-electron chi connectivity index (χ4n) is 2.95. The lowest BCUT2D eigenvalue weighted by Gasteiger charge is -2.16. The van der Waals surface area contributed by atoms with Crippen LogP contribution in [-0.4, -0.2) is 21.1 Å². The van der Waals surface area contributed by atoms with E-state index in [0.29, 0.717) is 17.0 Å². The lowest BCUT2D eigenvalue weighted by Crippen LogP contribution is -2.34. The number of hydrogen-bond acceptors (Lipinski definition) is 3. The van der Waals surface area contributed by atoms with Gasteiger partial charge in [0.15, 0.2) is 0 Å². The van der Waals surface area contributed by atoms with Crippen LogP contribution in [0.15, 0.2) is 41.3 Å². The number of fused-ring (bicyclic) bond motifs is 1. The normalized spacial score (nSPS) is 15.0. The Hall–Kier alpha value is -1.56. The number of ether oxygens (including phenoxy) is 1. The minimum atomic E-state index is -3.60. The second-order valence-corrected chi connectivity index (χ2v) is 8.30. The molecule has 128 valence electrons. The molecule has 1 heterocycles. The van der Waals surface area contributed by atoms with Gasteiger partial charge in [-0.05, 0) is 55.2 Å². The summed E-state index contributed by atoms with van der Waals surface area (Å²) in [6.07, 6.45) is 1.52. The molecule has 0 radical (unpaired) electrons. The highest BCUT2D eigenvalue weighted by molar-refractivity contribution is 7.89. The molecule has 0 saturated carbocycles. The van der Waals surface area contributed by atoms with Crippen LogP contribution in [0.4, 0.5) is 0 Å². The molecule has 2 aromatic carbocycles. The largest absolute Gasteiger partial charge is 0.493 e. The van der Waals surface area contributed by atoms with Crippen molar-refractivity contribution >= 4 is 21.6 Å². The standard InChI is InChI=1S/C18H20ClNO3S/c1-12-3-5-16(19)11-18(12)24(21,22)20-13(2)9-14-4-6-17-15(10-14)7-8-23-17/h3-6,10-11,13,20H,7-9H2,1-2H3. The molecule has 0 spiro atoms. The lowest BCUT2D eigenvalue weighted by atomic mass is 10.0. The van der Waals surface area contributed by atoms with Crippen LogP contribution in [0, 0.1) is 6.92 Å². The summed E-state index contributed by atoms with van der Waals surface area (Å²) in [7, 11) is -3.60. The lowest BCUT2D eigenvalue weighted by molar-refractivity contribution is 0.357. The number of hydrogen-bond donors (Lipinski definition) is 1. The van der Waals surface area contributed by atoms with Crippen molar-refractivity contribution in [1.29, 1.82) is 0 Å². The maximum atomic E-state index is 12.6. The fourth-order valence-corrected chi connectivity index (χ4v) is 4.70. The van der Waals surface area contributed by atoms with Gasteiger partial charge in [-0.3, -0.25) is 0 Å². The summed E-state index contributed by atoms with van der Waals surface area (Å²) in [5.74, 6) is 0.932. The van der Waals surface area contributed by atoms with Gasteiger partial charge in [0.05, 0.1) is 11.5 Å². The third kappa shape index (κ3) is 3.74. The number of aryl methyl sites for hydroxylation is 1. The van der Waals surface area contributed by atoms with E-state index in [1.54, 1.807) is 19.1 Å². The van der Waals surface area contributed by atoms with Gasteiger partial charge >= 0.3 is 0 Å². The first kappa shape index (κ1) is 17.3. The molecule has 0 bridgehead atoms. The van der Waals surface area contributed by atoms with Crippen LogP contribution in [0.2, 0.25) is 5.02 Å². The predicted octanol–water partition coefficient (Wildman–Crippen LogP) is 3.49. The first-order valence-corrected chi connectivity index (χ1v) is 9.74. The zero-order chi connectivity index (χ0) is 17.3. The summed E-state index contributed by atoms with van der Waals surface area (Å²) in [4.78, 5) is 0.226. The highest BCUT2D eigenvalue weighted by Crippen LogP contribution is 2.26. The Morgan fingerprint density at radius 2 is 2.04 bits per heavy atom. The quantitative estimate of drug-likeness (QED) is 0.882. The van der Waals surface area contributed by atoms with E-state index in [9.17, 15) is 8.42 Å². The number of rotatable bonds is 5. The molecule has 6 heteroatoms. The molecule has 1 N–H and O–H groups in total. The topological polar surface area (TPSA) is 55.4 Å². The summed E-state index contributed by atoms with van der Waals surface area (Å²) in [6.45, 7) is 4.34. The van der Waals surface area contributed by atoms with Gasteiger partial charge in [-0.25, -0.2) is 13.1 Å². The number of nitrogens with one attached hydrogen (secondary N) is 1. The van der Waals surface area contributed by atoms with Gasteiger partial charge in [0.1, 0.15) is 5.75 Å². The fraction of sp³-hybridized carbons (Fsp3) is 0.333. The molecule has 4 nitrogen and oxygen atoms in total. The van der Waals surface area contributed by atoms with Crippen LogP contribution < -0.4 is 9.46 Å². The third-order valence-electron chi connectivity index (χ3n) is 4.09. The number of halogens is 1. The van der Waals surface area contributed by atoms with Crippen LogP contribution in [0.5, 0.6) is 5.75 Å². The molecular formula is C18H20ClNO3S. The van der Waals surface area contributed by atoms with Crippen LogP contribution >= 0.6 is 11.6 Å². The van der Waals surface area contributed by atoms with Crippen LogP contribution in [-0.2, 0) is 22.9 Å². The number of sulfonamides is 1. The molecule has 0 aromatic heterocycles. The van der Waals surface area contributed by atoms with Crippen molar-refractivity contribution in [3.05, 3.63) is 58.1 Å². The molecule has 24 heavy (non-hydrogen) atoms. The SMILES string of the molecule is Cc1ccc(Cl)cc1S(=O)(=O)NC(C)Cc1ccc2c(c1)CCO2. The van der Waals surface area contributed by atoms with Gasteiger partial charge in [0, 0.05) is 17.5 Å². The summed E-state index contributed by atoms with van der Waals surface area (Å²) in [6, 6.07) is 10.7. The maximum Gasteiger partial charge on any atom is 0.241 e. The number of benzene rings is 2. The monoisotopic (exact) mass is 365 g/mol. The van der Waals surface area contributed by atoms with Crippen molar-refractivity contribution in [2.75, 3.05) is 6.61 Å². The Balaban J connectivity index is 1.74. The average Bonchev–Trinajstić information content (AvgIpc) is 2.96. The Morgan fingerprint density at radius 1 is 1.25 bits per heavy atom. The van der Waals surface area contributed by atoms with Crippen molar-refractivity contribution in [1.82, 2.24) is 4.72 Å². The van der Waals surface area contributed by atoms with Crippen molar-refractivity contribution in [2.24, 2.45) is 0 Å². The van der Waals surface area contributed by atoms with Crippen molar-refractivity contribution in [3.8, 4) is 5.75 Å². The zero-order valence-corrected chi connectivity index (χ0v) is 15.2. The maximum absolute atomic E-state index is 12.6. The average molecular weight is 366 g/mol. The minimum Gasteiger partial charge on any atom is -0.493 e. The summed E-state index contributed by atoms with van der Waals surface area (Å²) in [5.41, 5.74) is 2.96. The molecular weight excluding hydrogens is 346 g/mol. The summed E-state index contributed by atoms with van der Waals surface area (Å²) < 4.78 is 33.4. The molecule has 1 atom stereocenters. The Bertz CT molecular complexity index is 865. The molecule has 2 aromatic rings. The summed E-state index contributed by atoms with van der Waals surface area (Å²) >= 11 is 5.94. The van der Waals surface area contributed by atoms with Crippen LogP contribution in [0.25, 0.3) is 0 Å². The molecule has 0 amide bonds. The second kappa shape index (κ2) is 6.75. The van der Waals surface area contributed by atoms with Crippen molar-refractivity contribution in [2.45, 2.75) is 37.6 Å². The zero-order valence-electron chi connectivity index (χ0n) is 13.7. The Morgan fingerprint density at radius 3 is 2.83 bits per heavy atom. The predicted molar refractivity (Wildman–Crippen MR) is 95.3 cm³/mol. The first-order chi connectivity index (χ1) is 11.3. The molecule has 3 rings (SSSR count). The van der Waals surface area contributed by atoms with E-state index in [-0.39, 0.29) is 10.9 Å². The first-order valence-electron chi connectivity index (χ1n) is 7.88. The van der Waals surface area contributed by atoms with Gasteiger partial charge in [-0.15, -0.1) is 0 Å². The molecule has 1 aliphatic rings. The highest BCUT2D eigenvalue weighted by atomic mass is 35.5. The molecule has 0 fully saturated rings. The van der Waals surface area contributed by atoms with E-state index in [1.807, 2.05) is 19.1 Å². The van der Waals surface area contributed by atoms with Crippen LogP contribution in [0.1, 0.15) is 23.6 Å². The Labute approximate surface area is 147 Å². The van der Waals surface area contributed by atoms with E-state index >= 15 is 0 Å². The van der Waals surface area contributed by atoms with E-state index in [0.717, 1.165) is 24.3 Å². The van der Waals surface area contributed by atoms with Crippen molar-refractivity contribution < 1.29 is 13.2 Å². The smallest absolute Gasteiger partial charge is 0.241 e. The van der Waals surface area contributed by atoms with E-state index < -0.39 is 10.0 Å². The van der Waals surface area contributed by atoms with Gasteiger partial charge in [-0.1, -0.05) is 29.8 Å². The minimum absolute atomic E-state index is 0.226. The third-order valence-corrected chi connectivity index (χ3v) is 6.06. The van der Waals surface area contributed by atoms with Gasteiger partial charge in [0.2, 0.25) is 10.0 Å². The summed E-state index contributed by atoms with van der Waals surface area (Å²) in [5, 5.41) is 0.409. The van der Waals surface area contributed by atoms with Crippen LogP contribution in [0.3, 0.4) is 0 Å². The molecule has 1 aliphatic heterocycles. The van der Waals surface area contributed by atoms with Gasteiger partial charge in [0.25, 0.3) is 0 Å².